The van der Waals surface area contributed by atoms with Gasteiger partial charge in [-0.25, -0.2) is 0 Å². The molecule has 1 atom stereocenters. The summed E-state index contributed by atoms with van der Waals surface area (Å²) in [7, 11) is 1.61. The number of ether oxygens (including phenoxy) is 2. The fourth-order valence-electron chi connectivity index (χ4n) is 3.60. The van der Waals surface area contributed by atoms with Gasteiger partial charge in [0.2, 0.25) is 0 Å². The summed E-state index contributed by atoms with van der Waals surface area (Å²) in [5.74, 6) is 1.74. The summed E-state index contributed by atoms with van der Waals surface area (Å²) in [6.07, 6.45) is 3.91. The van der Waals surface area contributed by atoms with Gasteiger partial charge in [0.1, 0.15) is 5.94 Å². The van der Waals surface area contributed by atoms with Crippen molar-refractivity contribution in [3.05, 3.63) is 29.8 Å². The van der Waals surface area contributed by atoms with E-state index in [9.17, 15) is 4.79 Å². The second kappa shape index (κ2) is 7.48. The van der Waals surface area contributed by atoms with Crippen LogP contribution in [0.5, 0.6) is 11.5 Å². The summed E-state index contributed by atoms with van der Waals surface area (Å²) in [6.45, 7) is 4.64. The highest BCUT2D eigenvalue weighted by Crippen LogP contribution is 2.38. The maximum absolute atomic E-state index is 13.0. The van der Waals surface area contributed by atoms with E-state index in [1.807, 2.05) is 49.2 Å². The van der Waals surface area contributed by atoms with Crippen molar-refractivity contribution in [2.24, 2.45) is 4.99 Å². The minimum atomic E-state index is -0.399. The van der Waals surface area contributed by atoms with Crippen LogP contribution in [-0.2, 0) is 0 Å². The van der Waals surface area contributed by atoms with Gasteiger partial charge >= 0.3 is 0 Å². The fourth-order valence-corrected chi connectivity index (χ4v) is 4.20. The van der Waals surface area contributed by atoms with Crippen molar-refractivity contribution in [2.75, 3.05) is 19.6 Å². The van der Waals surface area contributed by atoms with E-state index < -0.39 is 4.21 Å². The van der Waals surface area contributed by atoms with E-state index in [4.69, 9.17) is 21.1 Å². The molecule has 1 amide bonds. The molecular weight excluding hydrogens is 396 g/mol. The van der Waals surface area contributed by atoms with Crippen LogP contribution < -0.4 is 9.47 Å². The predicted octanol–water partition coefficient (Wildman–Crippen LogP) is 5.21. The van der Waals surface area contributed by atoms with Crippen molar-refractivity contribution in [3.8, 4) is 11.5 Å². The number of methoxy groups -OCH3 is 1. The molecule has 1 unspecified atom stereocenters. The third kappa shape index (κ3) is 3.80. The van der Waals surface area contributed by atoms with E-state index in [-0.39, 0.29) is 11.9 Å². The van der Waals surface area contributed by atoms with Crippen molar-refractivity contribution >= 4 is 51.9 Å². The van der Waals surface area contributed by atoms with Gasteiger partial charge < -0.3 is 14.4 Å². The Kier molecular flexibility index (Phi) is 5.19. The van der Waals surface area contributed by atoms with E-state index in [1.54, 1.807) is 7.11 Å². The van der Waals surface area contributed by atoms with Gasteiger partial charge in [-0.3, -0.25) is 9.79 Å². The molecule has 28 heavy (non-hydrogen) atoms. The smallest absolute Gasteiger partial charge is 0.256 e. The number of rotatable bonds is 5. The maximum Gasteiger partial charge on any atom is 0.256 e. The number of hydrogen-bond donors (Lipinski definition) is 0. The molecule has 0 spiro atoms. The number of carbonyl (C=O) groups excluding carboxylic acids is 1. The molecule has 2 aromatic carbocycles. The van der Waals surface area contributed by atoms with Gasteiger partial charge in [-0.05, 0) is 61.7 Å². The zero-order chi connectivity index (χ0) is 19.9. The van der Waals surface area contributed by atoms with E-state index in [1.165, 1.54) is 11.8 Å². The summed E-state index contributed by atoms with van der Waals surface area (Å²) < 4.78 is 11.0. The summed E-state index contributed by atoms with van der Waals surface area (Å²) in [4.78, 5) is 19.5. The largest absolute Gasteiger partial charge is 0.493 e. The lowest BCUT2D eigenvalue weighted by Gasteiger charge is -2.20. The number of benzene rings is 2. The van der Waals surface area contributed by atoms with Gasteiger partial charge in [0.05, 0.1) is 28.6 Å². The first-order valence-electron chi connectivity index (χ1n) is 9.32. The van der Waals surface area contributed by atoms with E-state index in [0.29, 0.717) is 28.7 Å². The highest BCUT2D eigenvalue weighted by molar-refractivity contribution is 8.01. The van der Waals surface area contributed by atoms with Gasteiger partial charge in [0, 0.05) is 12.8 Å². The lowest BCUT2D eigenvalue weighted by atomic mass is 10.0. The number of aliphatic imine (C=N–C) groups is 1. The van der Waals surface area contributed by atoms with E-state index in [0.717, 1.165) is 30.2 Å². The van der Waals surface area contributed by atoms with Crippen LogP contribution in [0.4, 0.5) is 5.69 Å². The minimum Gasteiger partial charge on any atom is -0.493 e. The molecule has 1 saturated heterocycles. The molecule has 2 heterocycles. The Hall–Kier alpha value is -1.92. The van der Waals surface area contributed by atoms with Gasteiger partial charge in [-0.15, -0.1) is 11.6 Å². The zero-order valence-electron chi connectivity index (χ0n) is 16.2. The van der Waals surface area contributed by atoms with Crippen LogP contribution in [0.25, 0.3) is 10.8 Å². The number of alkyl halides is 1. The predicted molar refractivity (Wildman–Crippen MR) is 116 cm³/mol. The Labute approximate surface area is 174 Å². The molecular formula is C21H23ClN2O3S. The Bertz CT molecular complexity index is 955. The summed E-state index contributed by atoms with van der Waals surface area (Å²) >= 11 is 7.72. The monoisotopic (exact) mass is 418 g/mol. The molecule has 7 heteroatoms. The lowest BCUT2D eigenvalue weighted by molar-refractivity contribution is 0.0775. The average Bonchev–Trinajstić information content (AvgIpc) is 3.07. The normalized spacial score (nSPS) is 18.8. The molecule has 1 fully saturated rings. The van der Waals surface area contributed by atoms with Crippen molar-refractivity contribution < 1.29 is 14.3 Å². The SMILES string of the molecule is COc1cc2cc3c(cc2cc1OCSC(C)(C)Cl)N=CC1CCCN1C3=O. The average molecular weight is 419 g/mol. The molecule has 0 aromatic heterocycles. The first-order chi connectivity index (χ1) is 13.4. The molecule has 2 aliphatic heterocycles. The lowest BCUT2D eigenvalue weighted by Crippen LogP contribution is -2.35. The number of halogens is 1. The van der Waals surface area contributed by atoms with Crippen molar-refractivity contribution in [2.45, 2.75) is 36.9 Å². The number of amides is 1. The fraction of sp³-hybridized carbons (Fsp3) is 0.429. The van der Waals surface area contributed by atoms with Gasteiger partial charge in [-0.1, -0.05) is 11.8 Å². The third-order valence-electron chi connectivity index (χ3n) is 5.03. The molecule has 4 rings (SSSR count). The molecule has 148 valence electrons. The summed E-state index contributed by atoms with van der Waals surface area (Å²) in [6, 6.07) is 7.81. The van der Waals surface area contributed by atoms with Crippen molar-refractivity contribution in [1.82, 2.24) is 4.90 Å². The summed E-state index contributed by atoms with van der Waals surface area (Å²) in [5.41, 5.74) is 1.35. The molecule has 2 aliphatic rings. The van der Waals surface area contributed by atoms with E-state index in [2.05, 4.69) is 4.99 Å². The van der Waals surface area contributed by atoms with Gasteiger partial charge in [0.15, 0.2) is 11.5 Å². The van der Waals surface area contributed by atoms with Crippen LogP contribution in [0.2, 0.25) is 0 Å². The second-order valence-electron chi connectivity index (χ2n) is 7.48. The standard InChI is InChI=1S/C21H23ClN2O3S/c1-21(2,22)28-12-27-19-10-14-8-17-16(7-13(14)9-18(19)26-3)20(25)24-6-4-5-15(24)11-23-17/h7-11,15H,4-6,12H2,1-3H3. The van der Waals surface area contributed by atoms with Crippen molar-refractivity contribution in [3.63, 3.8) is 0 Å². The van der Waals surface area contributed by atoms with Crippen LogP contribution in [0.1, 0.15) is 37.0 Å². The van der Waals surface area contributed by atoms with Crippen LogP contribution in [0.3, 0.4) is 0 Å². The second-order valence-corrected chi connectivity index (χ2v) is 10.2. The highest BCUT2D eigenvalue weighted by atomic mass is 35.5. The Morgan fingerprint density at radius 2 is 2.00 bits per heavy atom. The first-order valence-corrected chi connectivity index (χ1v) is 10.7. The minimum absolute atomic E-state index is 0.0527. The number of thioether (sulfide) groups is 1. The molecule has 5 nitrogen and oxygen atoms in total. The third-order valence-corrected chi connectivity index (χ3v) is 6.28. The summed E-state index contributed by atoms with van der Waals surface area (Å²) in [5, 5.41) is 1.88. The Morgan fingerprint density at radius 3 is 2.75 bits per heavy atom. The molecule has 0 aliphatic carbocycles. The highest BCUT2D eigenvalue weighted by Gasteiger charge is 2.31. The van der Waals surface area contributed by atoms with Gasteiger partial charge in [-0.2, -0.15) is 0 Å². The molecule has 0 bridgehead atoms. The van der Waals surface area contributed by atoms with Crippen LogP contribution in [-0.4, -0.2) is 46.9 Å². The molecule has 0 radical (unpaired) electrons. The number of fused-ring (bicyclic) bond motifs is 3. The van der Waals surface area contributed by atoms with Crippen molar-refractivity contribution in [1.29, 1.82) is 0 Å². The van der Waals surface area contributed by atoms with Crippen LogP contribution in [0.15, 0.2) is 29.3 Å². The first kappa shape index (κ1) is 19.4. The zero-order valence-corrected chi connectivity index (χ0v) is 17.8. The van der Waals surface area contributed by atoms with Gasteiger partial charge in [0.25, 0.3) is 5.91 Å². The Balaban J connectivity index is 1.71. The van der Waals surface area contributed by atoms with E-state index >= 15 is 0 Å². The Morgan fingerprint density at radius 1 is 1.25 bits per heavy atom. The maximum atomic E-state index is 13.0. The van der Waals surface area contributed by atoms with Crippen LogP contribution >= 0.6 is 23.4 Å². The quantitative estimate of drug-likeness (QED) is 0.493. The van der Waals surface area contributed by atoms with Crippen LogP contribution in [0, 0.1) is 0 Å². The molecule has 2 aromatic rings. The molecule has 0 saturated carbocycles. The molecule has 0 N–H and O–H groups in total. The topological polar surface area (TPSA) is 51.1 Å². The number of carbonyl (C=O) groups is 1. The number of nitrogens with zero attached hydrogens (tertiary/aromatic N) is 2. The number of hydrogen-bond acceptors (Lipinski definition) is 5.